The number of hydrogen-bond donors (Lipinski definition) is 0. The summed E-state index contributed by atoms with van der Waals surface area (Å²) < 4.78 is 0. The highest BCUT2D eigenvalue weighted by Crippen LogP contribution is 2.09. The lowest BCUT2D eigenvalue weighted by Crippen LogP contribution is -1.93. The van der Waals surface area contributed by atoms with Crippen LogP contribution in [0.5, 0.6) is 0 Å². The highest BCUT2D eigenvalue weighted by molar-refractivity contribution is 5.49. The molecule has 0 heterocycles. The van der Waals surface area contributed by atoms with E-state index in [-0.39, 0.29) is 0 Å². The molecule has 0 amide bonds. The van der Waals surface area contributed by atoms with Crippen LogP contribution in [-0.2, 0) is 4.79 Å². The van der Waals surface area contributed by atoms with Crippen molar-refractivity contribution >= 4 is 6.29 Å². The molecule has 0 unspecified atom stereocenters. The van der Waals surface area contributed by atoms with Crippen molar-refractivity contribution in [3.8, 4) is 0 Å². The summed E-state index contributed by atoms with van der Waals surface area (Å²) in [6.45, 7) is 4.34. The highest BCUT2D eigenvalue weighted by atomic mass is 16.1. The largest absolute Gasteiger partial charge is 0.303 e. The van der Waals surface area contributed by atoms with E-state index in [0.29, 0.717) is 12.3 Å². The van der Waals surface area contributed by atoms with Gasteiger partial charge in [-0.2, -0.15) is 0 Å². The molecule has 13 heavy (non-hydrogen) atoms. The van der Waals surface area contributed by atoms with Crippen molar-refractivity contribution in [3.63, 3.8) is 0 Å². The van der Waals surface area contributed by atoms with Crippen LogP contribution in [0.15, 0.2) is 12.2 Å². The monoisotopic (exact) mass is 182 g/mol. The average molecular weight is 182 g/mol. The Morgan fingerprint density at radius 3 is 2.54 bits per heavy atom. The number of carbonyl (C=O) groups excluding carboxylic acids is 1. The van der Waals surface area contributed by atoms with Gasteiger partial charge in [-0.3, -0.25) is 0 Å². The first-order valence-corrected chi connectivity index (χ1v) is 5.39. The molecule has 0 aromatic rings. The Balaban J connectivity index is 3.22. The van der Waals surface area contributed by atoms with Crippen LogP contribution in [0.4, 0.5) is 0 Å². The molecule has 76 valence electrons. The molecule has 0 spiro atoms. The molecule has 0 aliphatic carbocycles. The first-order valence-electron chi connectivity index (χ1n) is 5.39. The van der Waals surface area contributed by atoms with Crippen molar-refractivity contribution in [3.05, 3.63) is 12.2 Å². The van der Waals surface area contributed by atoms with Crippen LogP contribution < -0.4 is 0 Å². The number of hydrogen-bond acceptors (Lipinski definition) is 1. The van der Waals surface area contributed by atoms with Gasteiger partial charge in [-0.15, -0.1) is 0 Å². The first kappa shape index (κ1) is 12.4. The zero-order valence-corrected chi connectivity index (χ0v) is 8.96. The predicted molar refractivity (Wildman–Crippen MR) is 57.7 cm³/mol. The Morgan fingerprint density at radius 1 is 1.23 bits per heavy atom. The predicted octanol–water partition coefficient (Wildman–Crippen LogP) is 3.74. The molecule has 0 radical (unpaired) electrons. The normalized spacial score (nSPS) is 13.4. The third-order valence-corrected chi connectivity index (χ3v) is 2.22. The summed E-state index contributed by atoms with van der Waals surface area (Å²) in [5.74, 6) is 0.549. The Hall–Kier alpha value is -0.590. The number of aldehydes is 1. The molecule has 1 heteroatoms. The van der Waals surface area contributed by atoms with E-state index in [1.165, 1.54) is 19.3 Å². The number of allylic oxidation sites excluding steroid dienone is 2. The summed E-state index contributed by atoms with van der Waals surface area (Å²) >= 11 is 0. The third-order valence-electron chi connectivity index (χ3n) is 2.22. The van der Waals surface area contributed by atoms with E-state index in [4.69, 9.17) is 0 Å². The van der Waals surface area contributed by atoms with Crippen LogP contribution >= 0.6 is 0 Å². The van der Waals surface area contributed by atoms with Crippen molar-refractivity contribution in [2.75, 3.05) is 0 Å². The second-order valence-electron chi connectivity index (χ2n) is 3.70. The van der Waals surface area contributed by atoms with Crippen molar-refractivity contribution in [1.29, 1.82) is 0 Å². The summed E-state index contributed by atoms with van der Waals surface area (Å²) in [5, 5.41) is 0. The number of carbonyl (C=O) groups is 1. The lowest BCUT2D eigenvalue weighted by Gasteiger charge is -2.03. The Kier molecular flexibility index (Phi) is 9.07. The molecule has 0 bridgehead atoms. The van der Waals surface area contributed by atoms with E-state index in [1.54, 1.807) is 0 Å². The number of unbranched alkanes of at least 4 members (excludes halogenated alkanes) is 2. The summed E-state index contributed by atoms with van der Waals surface area (Å²) in [6.07, 6.45) is 12.3. The summed E-state index contributed by atoms with van der Waals surface area (Å²) in [6, 6.07) is 0. The van der Waals surface area contributed by atoms with E-state index in [9.17, 15) is 4.79 Å². The quantitative estimate of drug-likeness (QED) is 0.317. The zero-order chi connectivity index (χ0) is 9.94. The molecule has 1 nitrogen and oxygen atoms in total. The van der Waals surface area contributed by atoms with Gasteiger partial charge in [0.15, 0.2) is 0 Å². The maximum Gasteiger partial charge on any atom is 0.120 e. The molecule has 1 atom stereocenters. The van der Waals surface area contributed by atoms with E-state index in [1.807, 2.05) is 0 Å². The van der Waals surface area contributed by atoms with Gasteiger partial charge in [0.2, 0.25) is 0 Å². The summed E-state index contributed by atoms with van der Waals surface area (Å²) in [5.41, 5.74) is 0. The molecular weight excluding hydrogens is 160 g/mol. The minimum absolute atomic E-state index is 0.549. The Morgan fingerprint density at radius 2 is 1.92 bits per heavy atom. The lowest BCUT2D eigenvalue weighted by molar-refractivity contribution is -0.108. The van der Waals surface area contributed by atoms with Gasteiger partial charge in [-0.25, -0.2) is 0 Å². The molecule has 0 aliphatic heterocycles. The minimum atomic E-state index is 0.549. The van der Waals surface area contributed by atoms with Gasteiger partial charge in [0.1, 0.15) is 6.29 Å². The maximum absolute atomic E-state index is 10.2. The van der Waals surface area contributed by atoms with E-state index in [0.717, 1.165) is 19.1 Å². The van der Waals surface area contributed by atoms with Crippen molar-refractivity contribution in [2.45, 2.75) is 52.4 Å². The second kappa shape index (κ2) is 9.50. The fourth-order valence-electron chi connectivity index (χ4n) is 1.22. The zero-order valence-electron chi connectivity index (χ0n) is 8.96. The topological polar surface area (TPSA) is 17.1 Å². The highest BCUT2D eigenvalue weighted by Gasteiger charge is 1.97. The molecule has 0 aromatic heterocycles. The van der Waals surface area contributed by atoms with E-state index >= 15 is 0 Å². The van der Waals surface area contributed by atoms with Crippen molar-refractivity contribution in [2.24, 2.45) is 5.92 Å². The van der Waals surface area contributed by atoms with Gasteiger partial charge < -0.3 is 4.79 Å². The second-order valence-corrected chi connectivity index (χ2v) is 3.70. The van der Waals surface area contributed by atoms with Gasteiger partial charge in [0, 0.05) is 6.42 Å². The third kappa shape index (κ3) is 9.32. The molecule has 0 saturated carbocycles. The molecule has 0 aromatic carbocycles. The van der Waals surface area contributed by atoms with Crippen molar-refractivity contribution < 1.29 is 4.79 Å². The molecule has 0 saturated heterocycles. The number of rotatable bonds is 8. The molecular formula is C12H22O. The fraction of sp³-hybridized carbons (Fsp3) is 0.750. The van der Waals surface area contributed by atoms with E-state index < -0.39 is 0 Å². The molecule has 0 rings (SSSR count). The fourth-order valence-corrected chi connectivity index (χ4v) is 1.22. The van der Waals surface area contributed by atoms with Gasteiger partial charge in [0.25, 0.3) is 0 Å². The lowest BCUT2D eigenvalue weighted by atomic mass is 10.0. The van der Waals surface area contributed by atoms with Crippen LogP contribution in [0.3, 0.4) is 0 Å². The van der Waals surface area contributed by atoms with Crippen molar-refractivity contribution in [1.82, 2.24) is 0 Å². The van der Waals surface area contributed by atoms with Crippen LogP contribution in [0.2, 0.25) is 0 Å². The molecule has 0 N–H and O–H groups in total. The van der Waals surface area contributed by atoms with Gasteiger partial charge in [0.05, 0.1) is 0 Å². The van der Waals surface area contributed by atoms with Gasteiger partial charge in [-0.1, -0.05) is 38.8 Å². The van der Waals surface area contributed by atoms with Crippen LogP contribution in [0, 0.1) is 5.92 Å². The van der Waals surface area contributed by atoms with Crippen LogP contribution in [0.1, 0.15) is 52.4 Å². The average Bonchev–Trinajstić information content (AvgIpc) is 2.11. The SMILES string of the molecule is CCCC/C=C\CC[C@@H](C)CC=O. The van der Waals surface area contributed by atoms with Gasteiger partial charge >= 0.3 is 0 Å². The van der Waals surface area contributed by atoms with Crippen LogP contribution in [0.25, 0.3) is 0 Å². The summed E-state index contributed by atoms with van der Waals surface area (Å²) in [4.78, 5) is 10.2. The minimum Gasteiger partial charge on any atom is -0.303 e. The van der Waals surface area contributed by atoms with E-state index in [2.05, 4.69) is 26.0 Å². The Labute approximate surface area is 82.2 Å². The van der Waals surface area contributed by atoms with Gasteiger partial charge in [-0.05, 0) is 25.2 Å². The maximum atomic E-state index is 10.2. The first-order chi connectivity index (χ1) is 6.31. The van der Waals surface area contributed by atoms with Crippen LogP contribution in [-0.4, -0.2) is 6.29 Å². The Bertz CT molecular complexity index is 138. The smallest absolute Gasteiger partial charge is 0.120 e. The standard InChI is InChI=1S/C12H22O/c1-3-4-5-6-7-8-9-12(2)10-11-13/h6-7,11-12H,3-5,8-10H2,1-2H3/b7-6-/t12-/m1/s1. The molecule has 0 fully saturated rings. The molecule has 0 aliphatic rings. The summed E-state index contributed by atoms with van der Waals surface area (Å²) in [7, 11) is 0.